The van der Waals surface area contributed by atoms with E-state index in [9.17, 15) is 0 Å². The van der Waals surface area contributed by atoms with Gasteiger partial charge >= 0.3 is 0 Å². The van der Waals surface area contributed by atoms with Crippen LogP contribution in [0.3, 0.4) is 0 Å². The zero-order valence-corrected chi connectivity index (χ0v) is 12.2. The highest BCUT2D eigenvalue weighted by Gasteiger charge is 2.06. The standard InChI is InChI=1S/C15H19N3O3/c1-3-16-15-8-17-12(7-18-15)10-21-13-5-4-11(9-19)6-14(13)20-2/h4-8,19H,3,9-10H2,1-2H3,(H,16,18). The summed E-state index contributed by atoms with van der Waals surface area (Å²) in [5.74, 6) is 1.93. The second kappa shape index (κ2) is 7.44. The van der Waals surface area contributed by atoms with E-state index in [4.69, 9.17) is 14.6 Å². The van der Waals surface area contributed by atoms with Gasteiger partial charge in [0.1, 0.15) is 12.4 Å². The van der Waals surface area contributed by atoms with Crippen molar-refractivity contribution >= 4 is 5.82 Å². The number of anilines is 1. The molecule has 0 unspecified atom stereocenters. The van der Waals surface area contributed by atoms with Crippen molar-refractivity contribution in [2.75, 3.05) is 19.0 Å². The lowest BCUT2D eigenvalue weighted by Crippen LogP contribution is -2.04. The van der Waals surface area contributed by atoms with Crippen molar-refractivity contribution in [1.82, 2.24) is 9.97 Å². The van der Waals surface area contributed by atoms with Crippen molar-refractivity contribution in [3.63, 3.8) is 0 Å². The van der Waals surface area contributed by atoms with E-state index in [1.54, 1.807) is 37.7 Å². The van der Waals surface area contributed by atoms with Gasteiger partial charge in [-0.25, -0.2) is 4.98 Å². The third-order valence-electron chi connectivity index (χ3n) is 2.85. The van der Waals surface area contributed by atoms with E-state index in [2.05, 4.69) is 15.3 Å². The molecule has 0 fully saturated rings. The fourth-order valence-corrected chi connectivity index (χ4v) is 1.78. The maximum absolute atomic E-state index is 9.11. The molecule has 0 aliphatic rings. The molecule has 6 nitrogen and oxygen atoms in total. The molecule has 2 aromatic rings. The molecule has 21 heavy (non-hydrogen) atoms. The third-order valence-corrected chi connectivity index (χ3v) is 2.85. The quantitative estimate of drug-likeness (QED) is 0.811. The number of rotatable bonds is 7. The first kappa shape index (κ1) is 15.1. The molecule has 2 N–H and O–H groups in total. The number of hydrogen-bond acceptors (Lipinski definition) is 6. The van der Waals surface area contributed by atoms with Crippen LogP contribution in [0.1, 0.15) is 18.2 Å². The average Bonchev–Trinajstić information content (AvgIpc) is 2.54. The maximum Gasteiger partial charge on any atom is 0.161 e. The van der Waals surface area contributed by atoms with Crippen LogP contribution in [0, 0.1) is 0 Å². The van der Waals surface area contributed by atoms with E-state index in [0.29, 0.717) is 18.1 Å². The molecule has 0 saturated carbocycles. The van der Waals surface area contributed by atoms with E-state index >= 15 is 0 Å². The van der Waals surface area contributed by atoms with Gasteiger partial charge < -0.3 is 19.9 Å². The summed E-state index contributed by atoms with van der Waals surface area (Å²) in [6, 6.07) is 5.30. The molecule has 0 aliphatic heterocycles. The van der Waals surface area contributed by atoms with Crippen LogP contribution in [0.4, 0.5) is 5.82 Å². The number of methoxy groups -OCH3 is 1. The maximum atomic E-state index is 9.11. The molecule has 1 heterocycles. The van der Waals surface area contributed by atoms with Crippen molar-refractivity contribution < 1.29 is 14.6 Å². The Hall–Kier alpha value is -2.34. The molecule has 2 rings (SSSR count). The van der Waals surface area contributed by atoms with Gasteiger partial charge in [0.25, 0.3) is 0 Å². The first-order chi connectivity index (χ1) is 10.3. The van der Waals surface area contributed by atoms with Gasteiger partial charge in [-0.3, -0.25) is 4.98 Å². The van der Waals surface area contributed by atoms with Gasteiger partial charge in [-0.05, 0) is 24.6 Å². The monoisotopic (exact) mass is 289 g/mol. The molecule has 0 bridgehead atoms. The smallest absolute Gasteiger partial charge is 0.161 e. The molecule has 112 valence electrons. The van der Waals surface area contributed by atoms with Gasteiger partial charge in [0.15, 0.2) is 11.5 Å². The topological polar surface area (TPSA) is 76.5 Å². The van der Waals surface area contributed by atoms with Crippen molar-refractivity contribution in [3.05, 3.63) is 41.9 Å². The van der Waals surface area contributed by atoms with Gasteiger partial charge in [-0.15, -0.1) is 0 Å². The zero-order valence-electron chi connectivity index (χ0n) is 12.2. The first-order valence-electron chi connectivity index (χ1n) is 6.72. The molecule has 0 aliphatic carbocycles. The van der Waals surface area contributed by atoms with Crippen molar-refractivity contribution in [3.8, 4) is 11.5 Å². The Morgan fingerprint density at radius 2 is 2.05 bits per heavy atom. The van der Waals surface area contributed by atoms with Gasteiger partial charge in [0.05, 0.1) is 31.8 Å². The third kappa shape index (κ3) is 4.06. The van der Waals surface area contributed by atoms with E-state index in [1.165, 1.54) is 0 Å². The highest BCUT2D eigenvalue weighted by Crippen LogP contribution is 2.28. The number of aromatic nitrogens is 2. The number of ether oxygens (including phenoxy) is 2. The summed E-state index contributed by atoms with van der Waals surface area (Å²) >= 11 is 0. The first-order valence-corrected chi connectivity index (χ1v) is 6.72. The SMILES string of the molecule is CCNc1cnc(COc2ccc(CO)cc2OC)cn1. The normalized spacial score (nSPS) is 10.2. The van der Waals surface area contributed by atoms with Gasteiger partial charge in [-0.2, -0.15) is 0 Å². The summed E-state index contributed by atoms with van der Waals surface area (Å²) in [5.41, 5.74) is 1.50. The molecule has 0 radical (unpaired) electrons. The zero-order chi connectivity index (χ0) is 15.1. The number of aliphatic hydroxyl groups excluding tert-OH is 1. The molecule has 0 amide bonds. The van der Waals surface area contributed by atoms with Crippen LogP contribution in [0.5, 0.6) is 11.5 Å². The Morgan fingerprint density at radius 3 is 2.67 bits per heavy atom. The van der Waals surface area contributed by atoms with E-state index in [0.717, 1.165) is 23.6 Å². The fourth-order valence-electron chi connectivity index (χ4n) is 1.78. The number of benzene rings is 1. The van der Waals surface area contributed by atoms with Crippen LogP contribution in [-0.2, 0) is 13.2 Å². The van der Waals surface area contributed by atoms with Crippen LogP contribution < -0.4 is 14.8 Å². The van der Waals surface area contributed by atoms with Crippen molar-refractivity contribution in [2.45, 2.75) is 20.1 Å². The van der Waals surface area contributed by atoms with Crippen LogP contribution in [0.15, 0.2) is 30.6 Å². The summed E-state index contributed by atoms with van der Waals surface area (Å²) in [5, 5.41) is 12.2. The lowest BCUT2D eigenvalue weighted by atomic mass is 10.2. The Balaban J connectivity index is 2.02. The number of aliphatic hydroxyl groups is 1. The summed E-state index contributed by atoms with van der Waals surface area (Å²) in [4.78, 5) is 8.50. The Bertz CT molecular complexity index is 573. The second-order valence-corrected chi connectivity index (χ2v) is 4.36. The Kier molecular flexibility index (Phi) is 5.34. The van der Waals surface area contributed by atoms with E-state index in [1.807, 2.05) is 6.92 Å². The average molecular weight is 289 g/mol. The fraction of sp³-hybridized carbons (Fsp3) is 0.333. The second-order valence-electron chi connectivity index (χ2n) is 4.36. The number of hydrogen-bond donors (Lipinski definition) is 2. The van der Waals surface area contributed by atoms with Crippen LogP contribution >= 0.6 is 0 Å². The minimum Gasteiger partial charge on any atom is -0.493 e. The van der Waals surface area contributed by atoms with Crippen LogP contribution in [0.2, 0.25) is 0 Å². The highest BCUT2D eigenvalue weighted by atomic mass is 16.5. The van der Waals surface area contributed by atoms with Gasteiger partial charge in [0.2, 0.25) is 0 Å². The van der Waals surface area contributed by atoms with E-state index < -0.39 is 0 Å². The summed E-state index contributed by atoms with van der Waals surface area (Å²) in [6.07, 6.45) is 3.35. The predicted molar refractivity (Wildman–Crippen MR) is 79.4 cm³/mol. The molecule has 0 saturated heterocycles. The minimum atomic E-state index is -0.0337. The molecular weight excluding hydrogens is 270 g/mol. The Morgan fingerprint density at radius 1 is 1.19 bits per heavy atom. The van der Waals surface area contributed by atoms with E-state index in [-0.39, 0.29) is 6.61 Å². The minimum absolute atomic E-state index is 0.0337. The molecule has 0 spiro atoms. The van der Waals surface area contributed by atoms with Gasteiger partial charge in [0, 0.05) is 6.54 Å². The number of nitrogens with one attached hydrogen (secondary N) is 1. The lowest BCUT2D eigenvalue weighted by Gasteiger charge is -2.11. The highest BCUT2D eigenvalue weighted by molar-refractivity contribution is 5.42. The molecule has 1 aromatic heterocycles. The van der Waals surface area contributed by atoms with Crippen LogP contribution in [0.25, 0.3) is 0 Å². The van der Waals surface area contributed by atoms with Crippen LogP contribution in [-0.4, -0.2) is 28.7 Å². The lowest BCUT2D eigenvalue weighted by molar-refractivity contribution is 0.272. The molecule has 6 heteroatoms. The summed E-state index contributed by atoms with van der Waals surface area (Å²) in [6.45, 7) is 3.07. The van der Waals surface area contributed by atoms with Gasteiger partial charge in [-0.1, -0.05) is 6.07 Å². The molecule has 0 atom stereocenters. The Labute approximate surface area is 123 Å². The van der Waals surface area contributed by atoms with Crippen molar-refractivity contribution in [2.24, 2.45) is 0 Å². The number of nitrogens with zero attached hydrogens (tertiary/aromatic N) is 2. The molecule has 1 aromatic carbocycles. The molecular formula is C15H19N3O3. The summed E-state index contributed by atoms with van der Waals surface area (Å²) < 4.78 is 10.9. The summed E-state index contributed by atoms with van der Waals surface area (Å²) in [7, 11) is 1.56. The largest absolute Gasteiger partial charge is 0.493 e. The predicted octanol–water partition coefficient (Wildman–Crippen LogP) is 1.99. The van der Waals surface area contributed by atoms with Crippen molar-refractivity contribution in [1.29, 1.82) is 0 Å².